The SMILES string of the molecule is CCCC(O)(CCC)CN=C(NCC)NCCCCSC. The molecule has 0 radical (unpaired) electrons. The van der Waals surface area contributed by atoms with Crippen molar-refractivity contribution in [3.63, 3.8) is 0 Å². The lowest BCUT2D eigenvalue weighted by Crippen LogP contribution is -2.40. The zero-order valence-corrected chi connectivity index (χ0v) is 15.2. The van der Waals surface area contributed by atoms with Gasteiger partial charge in [-0.1, -0.05) is 26.7 Å². The molecule has 0 unspecified atom stereocenters. The van der Waals surface area contributed by atoms with E-state index >= 15 is 0 Å². The second-order valence-electron chi connectivity index (χ2n) is 5.55. The van der Waals surface area contributed by atoms with Gasteiger partial charge in [-0.2, -0.15) is 11.8 Å². The Kier molecular flexibility index (Phi) is 13.0. The summed E-state index contributed by atoms with van der Waals surface area (Å²) in [6.45, 7) is 8.55. The van der Waals surface area contributed by atoms with Crippen molar-refractivity contribution in [2.24, 2.45) is 4.99 Å². The average molecular weight is 318 g/mol. The number of nitrogens with one attached hydrogen (secondary N) is 2. The molecule has 0 rings (SSSR count). The Morgan fingerprint density at radius 1 is 1.10 bits per heavy atom. The molecule has 0 saturated carbocycles. The third-order valence-electron chi connectivity index (χ3n) is 3.37. The molecule has 0 atom stereocenters. The van der Waals surface area contributed by atoms with Crippen molar-refractivity contribution in [1.82, 2.24) is 10.6 Å². The van der Waals surface area contributed by atoms with E-state index in [2.05, 4.69) is 42.7 Å². The number of rotatable bonds is 12. The lowest BCUT2D eigenvalue weighted by molar-refractivity contribution is 0.0306. The Morgan fingerprint density at radius 3 is 2.29 bits per heavy atom. The van der Waals surface area contributed by atoms with Gasteiger partial charge >= 0.3 is 0 Å². The van der Waals surface area contributed by atoms with Gasteiger partial charge in [0, 0.05) is 13.1 Å². The van der Waals surface area contributed by atoms with E-state index in [0.717, 1.165) is 51.2 Å². The largest absolute Gasteiger partial charge is 0.388 e. The topological polar surface area (TPSA) is 56.7 Å². The molecule has 0 amide bonds. The molecule has 5 heteroatoms. The third-order valence-corrected chi connectivity index (χ3v) is 4.07. The van der Waals surface area contributed by atoms with Gasteiger partial charge in [0.25, 0.3) is 0 Å². The number of nitrogens with zero attached hydrogens (tertiary/aromatic N) is 1. The molecule has 0 aromatic rings. The Hall–Kier alpha value is -0.420. The number of guanidine groups is 1. The van der Waals surface area contributed by atoms with E-state index in [1.807, 2.05) is 11.8 Å². The Balaban J connectivity index is 4.34. The molecule has 0 aromatic carbocycles. The molecular formula is C16H35N3OS. The fraction of sp³-hybridized carbons (Fsp3) is 0.938. The van der Waals surface area contributed by atoms with Crippen molar-refractivity contribution in [1.29, 1.82) is 0 Å². The van der Waals surface area contributed by atoms with Crippen LogP contribution in [0, 0.1) is 0 Å². The second kappa shape index (κ2) is 13.3. The van der Waals surface area contributed by atoms with Gasteiger partial charge < -0.3 is 15.7 Å². The van der Waals surface area contributed by atoms with Crippen LogP contribution in [0.3, 0.4) is 0 Å². The summed E-state index contributed by atoms with van der Waals surface area (Å²) < 4.78 is 0. The lowest BCUT2D eigenvalue weighted by atomic mass is 9.93. The standard InChI is InChI=1S/C16H35N3OS/c1-5-10-16(20,11-6-2)14-19-15(17-7-3)18-12-8-9-13-21-4/h20H,5-14H2,1-4H3,(H2,17,18,19). The van der Waals surface area contributed by atoms with Crippen LogP contribution in [-0.4, -0.2) is 48.3 Å². The summed E-state index contributed by atoms with van der Waals surface area (Å²) in [7, 11) is 0. The van der Waals surface area contributed by atoms with Crippen molar-refractivity contribution in [2.75, 3.05) is 31.6 Å². The Morgan fingerprint density at radius 2 is 1.76 bits per heavy atom. The van der Waals surface area contributed by atoms with Gasteiger partial charge in [-0.15, -0.1) is 0 Å². The zero-order valence-electron chi connectivity index (χ0n) is 14.4. The predicted molar refractivity (Wildman–Crippen MR) is 96.4 cm³/mol. The zero-order chi connectivity index (χ0) is 16.0. The fourth-order valence-corrected chi connectivity index (χ4v) is 2.85. The van der Waals surface area contributed by atoms with Crippen molar-refractivity contribution in [3.8, 4) is 0 Å². The average Bonchev–Trinajstić information content (AvgIpc) is 2.45. The van der Waals surface area contributed by atoms with Gasteiger partial charge in [0.15, 0.2) is 5.96 Å². The van der Waals surface area contributed by atoms with E-state index < -0.39 is 5.60 Å². The Labute approximate surface area is 135 Å². The van der Waals surface area contributed by atoms with Crippen LogP contribution in [0.25, 0.3) is 0 Å². The highest BCUT2D eigenvalue weighted by atomic mass is 32.2. The highest BCUT2D eigenvalue weighted by Crippen LogP contribution is 2.19. The first-order valence-electron chi connectivity index (χ1n) is 8.35. The minimum Gasteiger partial charge on any atom is -0.388 e. The minimum absolute atomic E-state index is 0.481. The lowest BCUT2D eigenvalue weighted by Gasteiger charge is -2.26. The van der Waals surface area contributed by atoms with E-state index in [1.165, 1.54) is 12.2 Å². The summed E-state index contributed by atoms with van der Waals surface area (Å²) in [6, 6.07) is 0. The van der Waals surface area contributed by atoms with Gasteiger partial charge in [0.05, 0.1) is 12.1 Å². The molecule has 0 heterocycles. The maximum Gasteiger partial charge on any atom is 0.191 e. The summed E-state index contributed by atoms with van der Waals surface area (Å²) >= 11 is 1.89. The molecule has 0 fully saturated rings. The minimum atomic E-state index is -0.648. The summed E-state index contributed by atoms with van der Waals surface area (Å²) in [5.74, 6) is 2.04. The summed E-state index contributed by atoms with van der Waals surface area (Å²) in [5, 5.41) is 17.2. The third kappa shape index (κ3) is 10.9. The fourth-order valence-electron chi connectivity index (χ4n) is 2.36. The number of hydrogen-bond acceptors (Lipinski definition) is 3. The molecular weight excluding hydrogens is 282 g/mol. The molecule has 0 spiro atoms. The van der Waals surface area contributed by atoms with E-state index in [9.17, 15) is 5.11 Å². The van der Waals surface area contributed by atoms with Gasteiger partial charge in [0.1, 0.15) is 0 Å². The summed E-state index contributed by atoms with van der Waals surface area (Å²) in [5.41, 5.74) is -0.648. The number of aliphatic hydroxyl groups is 1. The molecule has 0 aliphatic rings. The molecule has 126 valence electrons. The van der Waals surface area contributed by atoms with Crippen LogP contribution in [-0.2, 0) is 0 Å². The van der Waals surface area contributed by atoms with E-state index in [0.29, 0.717) is 6.54 Å². The quantitative estimate of drug-likeness (QED) is 0.294. The van der Waals surface area contributed by atoms with Crippen LogP contribution in [0.1, 0.15) is 59.3 Å². The number of aliphatic imine (C=N–C) groups is 1. The smallest absolute Gasteiger partial charge is 0.191 e. The predicted octanol–water partition coefficient (Wildman–Crippen LogP) is 3.02. The van der Waals surface area contributed by atoms with Crippen LogP contribution in [0.2, 0.25) is 0 Å². The first-order chi connectivity index (χ1) is 10.1. The van der Waals surface area contributed by atoms with Gasteiger partial charge in [-0.05, 0) is 44.6 Å². The van der Waals surface area contributed by atoms with E-state index in [4.69, 9.17) is 0 Å². The van der Waals surface area contributed by atoms with Gasteiger partial charge in [0.2, 0.25) is 0 Å². The van der Waals surface area contributed by atoms with Gasteiger partial charge in [-0.25, -0.2) is 0 Å². The van der Waals surface area contributed by atoms with Gasteiger partial charge in [-0.3, -0.25) is 4.99 Å². The highest BCUT2D eigenvalue weighted by Gasteiger charge is 2.24. The van der Waals surface area contributed by atoms with Crippen molar-refractivity contribution >= 4 is 17.7 Å². The first kappa shape index (κ1) is 20.6. The molecule has 3 N–H and O–H groups in total. The molecule has 0 bridgehead atoms. The highest BCUT2D eigenvalue weighted by molar-refractivity contribution is 7.98. The summed E-state index contributed by atoms with van der Waals surface area (Å²) in [6.07, 6.45) is 8.13. The van der Waals surface area contributed by atoms with Crippen LogP contribution < -0.4 is 10.6 Å². The number of hydrogen-bond donors (Lipinski definition) is 3. The molecule has 0 aromatic heterocycles. The maximum atomic E-state index is 10.6. The van der Waals surface area contributed by atoms with Crippen LogP contribution in [0.4, 0.5) is 0 Å². The molecule has 0 aliphatic heterocycles. The number of thioether (sulfide) groups is 1. The second-order valence-corrected chi connectivity index (χ2v) is 6.53. The van der Waals surface area contributed by atoms with Crippen LogP contribution >= 0.6 is 11.8 Å². The monoisotopic (exact) mass is 317 g/mol. The first-order valence-corrected chi connectivity index (χ1v) is 9.74. The maximum absolute atomic E-state index is 10.6. The van der Waals surface area contributed by atoms with E-state index in [1.54, 1.807) is 0 Å². The van der Waals surface area contributed by atoms with Crippen LogP contribution in [0.5, 0.6) is 0 Å². The van der Waals surface area contributed by atoms with Crippen LogP contribution in [0.15, 0.2) is 4.99 Å². The van der Waals surface area contributed by atoms with E-state index in [-0.39, 0.29) is 0 Å². The van der Waals surface area contributed by atoms with Crippen molar-refractivity contribution in [2.45, 2.75) is 64.9 Å². The molecule has 0 aliphatic carbocycles. The molecule has 4 nitrogen and oxygen atoms in total. The normalized spacial score (nSPS) is 12.5. The molecule has 0 saturated heterocycles. The Bertz CT molecular complexity index is 266. The number of unbranched alkanes of at least 4 members (excludes halogenated alkanes) is 1. The summed E-state index contributed by atoms with van der Waals surface area (Å²) in [4.78, 5) is 4.58. The van der Waals surface area contributed by atoms with Crippen molar-refractivity contribution < 1.29 is 5.11 Å². The van der Waals surface area contributed by atoms with Crippen molar-refractivity contribution in [3.05, 3.63) is 0 Å². The molecule has 21 heavy (non-hydrogen) atoms.